The van der Waals surface area contributed by atoms with Crippen LogP contribution in [0.2, 0.25) is 0 Å². The molecule has 0 aliphatic rings. The van der Waals surface area contributed by atoms with E-state index in [4.69, 9.17) is 4.42 Å². The molecule has 1 aromatic heterocycles. The first-order chi connectivity index (χ1) is 8.75. The summed E-state index contributed by atoms with van der Waals surface area (Å²) in [6, 6.07) is 10.0. The summed E-state index contributed by atoms with van der Waals surface area (Å²) in [7, 11) is 0. The number of benzene rings is 1. The van der Waals surface area contributed by atoms with Gasteiger partial charge in [0.05, 0.1) is 6.26 Å². The third-order valence-corrected chi connectivity index (χ3v) is 2.69. The number of aliphatic hydroxyl groups is 1. The van der Waals surface area contributed by atoms with Crippen LogP contribution in [0, 0.1) is 5.82 Å². The lowest BCUT2D eigenvalue weighted by Gasteiger charge is -2.09. The van der Waals surface area contributed by atoms with Gasteiger partial charge in [-0.15, -0.1) is 0 Å². The van der Waals surface area contributed by atoms with Crippen molar-refractivity contribution in [3.05, 3.63) is 59.8 Å². The summed E-state index contributed by atoms with van der Waals surface area (Å²) in [5, 5.41) is 12.8. The molecule has 1 aromatic carbocycles. The fraction of sp³-hybridized carbons (Fsp3) is 0.286. The zero-order valence-electron chi connectivity index (χ0n) is 9.97. The SMILES string of the molecule is OC(CNCCc1cccc(F)c1)c1ccco1. The smallest absolute Gasteiger partial charge is 0.133 e. The maximum Gasteiger partial charge on any atom is 0.133 e. The highest BCUT2D eigenvalue weighted by molar-refractivity contribution is 5.16. The second-order valence-corrected chi connectivity index (χ2v) is 4.12. The number of rotatable bonds is 6. The Labute approximate surface area is 105 Å². The van der Waals surface area contributed by atoms with E-state index in [1.165, 1.54) is 18.4 Å². The Kier molecular flexibility index (Phi) is 4.50. The Hall–Kier alpha value is -1.65. The average molecular weight is 249 g/mol. The molecule has 0 bridgehead atoms. The number of nitrogens with one attached hydrogen (secondary N) is 1. The predicted molar refractivity (Wildman–Crippen MR) is 66.6 cm³/mol. The van der Waals surface area contributed by atoms with E-state index in [9.17, 15) is 9.50 Å². The highest BCUT2D eigenvalue weighted by atomic mass is 19.1. The molecule has 0 aliphatic carbocycles. The number of halogens is 1. The standard InChI is InChI=1S/C14H16FNO2/c15-12-4-1-3-11(9-12)6-7-16-10-13(17)14-5-2-8-18-14/h1-5,8-9,13,16-17H,6-7,10H2. The predicted octanol–water partition coefficient (Wildman–Crippen LogP) is 2.28. The maximum atomic E-state index is 12.9. The van der Waals surface area contributed by atoms with E-state index < -0.39 is 6.10 Å². The van der Waals surface area contributed by atoms with Gasteiger partial charge in [-0.1, -0.05) is 12.1 Å². The summed E-state index contributed by atoms with van der Waals surface area (Å²) in [5.41, 5.74) is 0.940. The molecule has 0 spiro atoms. The fourth-order valence-electron chi connectivity index (χ4n) is 1.75. The lowest BCUT2D eigenvalue weighted by Crippen LogP contribution is -2.23. The number of hydrogen-bond donors (Lipinski definition) is 2. The van der Waals surface area contributed by atoms with Crippen LogP contribution in [0.4, 0.5) is 4.39 Å². The Balaban J connectivity index is 1.70. The van der Waals surface area contributed by atoms with Crippen molar-refractivity contribution in [3.63, 3.8) is 0 Å². The van der Waals surface area contributed by atoms with E-state index in [1.807, 2.05) is 6.07 Å². The van der Waals surface area contributed by atoms with E-state index in [1.54, 1.807) is 18.2 Å². The molecular formula is C14H16FNO2. The highest BCUT2D eigenvalue weighted by Crippen LogP contribution is 2.11. The van der Waals surface area contributed by atoms with Crippen LogP contribution in [0.15, 0.2) is 47.1 Å². The van der Waals surface area contributed by atoms with E-state index in [2.05, 4.69) is 5.32 Å². The summed E-state index contributed by atoms with van der Waals surface area (Å²) in [6.07, 6.45) is 1.61. The van der Waals surface area contributed by atoms with Gasteiger partial charge < -0.3 is 14.8 Å². The second kappa shape index (κ2) is 6.33. The molecule has 18 heavy (non-hydrogen) atoms. The third-order valence-electron chi connectivity index (χ3n) is 2.69. The van der Waals surface area contributed by atoms with Crippen LogP contribution in [0.25, 0.3) is 0 Å². The Bertz CT molecular complexity index is 470. The normalized spacial score (nSPS) is 12.6. The monoisotopic (exact) mass is 249 g/mol. The van der Waals surface area contributed by atoms with Gasteiger partial charge in [0, 0.05) is 6.54 Å². The van der Waals surface area contributed by atoms with Crippen LogP contribution in [0.3, 0.4) is 0 Å². The first kappa shape index (κ1) is 12.8. The molecule has 2 aromatic rings. The van der Waals surface area contributed by atoms with Crippen molar-refractivity contribution < 1.29 is 13.9 Å². The summed E-state index contributed by atoms with van der Waals surface area (Å²) >= 11 is 0. The van der Waals surface area contributed by atoms with Gasteiger partial charge in [0.1, 0.15) is 17.7 Å². The minimum Gasteiger partial charge on any atom is -0.467 e. The van der Waals surface area contributed by atoms with E-state index in [-0.39, 0.29) is 5.82 Å². The van der Waals surface area contributed by atoms with Crippen LogP contribution in [0.5, 0.6) is 0 Å². The molecule has 1 atom stereocenters. The van der Waals surface area contributed by atoms with Crippen LogP contribution < -0.4 is 5.32 Å². The highest BCUT2D eigenvalue weighted by Gasteiger charge is 2.08. The lowest BCUT2D eigenvalue weighted by atomic mass is 10.1. The average Bonchev–Trinajstić information content (AvgIpc) is 2.88. The van der Waals surface area contributed by atoms with Gasteiger partial charge >= 0.3 is 0 Å². The molecule has 4 heteroatoms. The molecule has 0 saturated carbocycles. The van der Waals surface area contributed by atoms with Crippen molar-refractivity contribution in [2.75, 3.05) is 13.1 Å². The van der Waals surface area contributed by atoms with Crippen molar-refractivity contribution in [2.45, 2.75) is 12.5 Å². The quantitative estimate of drug-likeness (QED) is 0.772. The van der Waals surface area contributed by atoms with Crippen molar-refractivity contribution in [3.8, 4) is 0 Å². The van der Waals surface area contributed by atoms with Gasteiger partial charge in [-0.2, -0.15) is 0 Å². The fourth-order valence-corrected chi connectivity index (χ4v) is 1.75. The van der Waals surface area contributed by atoms with Crippen LogP contribution in [-0.4, -0.2) is 18.2 Å². The molecule has 3 nitrogen and oxygen atoms in total. The Morgan fingerprint density at radius 2 is 2.17 bits per heavy atom. The van der Waals surface area contributed by atoms with Gasteiger partial charge in [-0.3, -0.25) is 0 Å². The van der Waals surface area contributed by atoms with Gasteiger partial charge in [0.2, 0.25) is 0 Å². The Morgan fingerprint density at radius 3 is 2.89 bits per heavy atom. The Morgan fingerprint density at radius 1 is 1.28 bits per heavy atom. The van der Waals surface area contributed by atoms with Crippen LogP contribution >= 0.6 is 0 Å². The van der Waals surface area contributed by atoms with Gasteiger partial charge in [0.15, 0.2) is 0 Å². The molecule has 1 heterocycles. The molecule has 0 saturated heterocycles. The zero-order chi connectivity index (χ0) is 12.8. The molecule has 1 unspecified atom stereocenters. The van der Waals surface area contributed by atoms with Crippen LogP contribution in [-0.2, 0) is 6.42 Å². The molecule has 2 N–H and O–H groups in total. The summed E-state index contributed by atoms with van der Waals surface area (Å²) < 4.78 is 18.0. The minimum absolute atomic E-state index is 0.219. The molecule has 0 fully saturated rings. The maximum absolute atomic E-state index is 12.9. The molecule has 0 amide bonds. The third kappa shape index (κ3) is 3.68. The molecule has 0 radical (unpaired) electrons. The first-order valence-corrected chi connectivity index (χ1v) is 5.92. The van der Waals surface area contributed by atoms with Gasteiger partial charge in [-0.05, 0) is 42.8 Å². The summed E-state index contributed by atoms with van der Waals surface area (Å²) in [6.45, 7) is 1.10. The number of furan rings is 1. The number of aliphatic hydroxyl groups excluding tert-OH is 1. The molecule has 96 valence electrons. The van der Waals surface area contributed by atoms with E-state index in [0.29, 0.717) is 18.8 Å². The molecule has 2 rings (SSSR count). The summed E-state index contributed by atoms with van der Waals surface area (Å²) in [5.74, 6) is 0.330. The minimum atomic E-state index is -0.646. The van der Waals surface area contributed by atoms with Crippen molar-refractivity contribution >= 4 is 0 Å². The number of hydrogen-bond acceptors (Lipinski definition) is 3. The van der Waals surface area contributed by atoms with Gasteiger partial charge in [0.25, 0.3) is 0 Å². The lowest BCUT2D eigenvalue weighted by molar-refractivity contribution is 0.148. The van der Waals surface area contributed by atoms with Crippen molar-refractivity contribution in [1.29, 1.82) is 0 Å². The molecule has 0 aliphatic heterocycles. The van der Waals surface area contributed by atoms with Gasteiger partial charge in [-0.25, -0.2) is 4.39 Å². The van der Waals surface area contributed by atoms with E-state index in [0.717, 1.165) is 12.0 Å². The van der Waals surface area contributed by atoms with E-state index >= 15 is 0 Å². The topological polar surface area (TPSA) is 45.4 Å². The van der Waals surface area contributed by atoms with Crippen molar-refractivity contribution in [2.24, 2.45) is 0 Å². The largest absolute Gasteiger partial charge is 0.467 e. The van der Waals surface area contributed by atoms with Crippen LogP contribution in [0.1, 0.15) is 17.4 Å². The zero-order valence-corrected chi connectivity index (χ0v) is 9.97. The van der Waals surface area contributed by atoms with Crippen molar-refractivity contribution in [1.82, 2.24) is 5.32 Å². The second-order valence-electron chi connectivity index (χ2n) is 4.12. The molecular weight excluding hydrogens is 233 g/mol. The first-order valence-electron chi connectivity index (χ1n) is 5.92. The summed E-state index contributed by atoms with van der Waals surface area (Å²) in [4.78, 5) is 0.